The molecule has 0 saturated carbocycles. The van der Waals surface area contributed by atoms with Crippen molar-refractivity contribution >= 4 is 21.6 Å². The first-order valence-corrected chi connectivity index (χ1v) is 8.47. The fourth-order valence-electron chi connectivity index (χ4n) is 2.98. The summed E-state index contributed by atoms with van der Waals surface area (Å²) in [5.74, 6) is 0.884. The number of benzene rings is 1. The molecule has 1 heterocycles. The minimum absolute atomic E-state index is 0.471. The molecular weight excluding hydrogens is 312 g/mol. The molecule has 112 valence electrons. The highest BCUT2D eigenvalue weighted by molar-refractivity contribution is 9.10. The Kier molecular flexibility index (Phi) is 5.50. The van der Waals surface area contributed by atoms with Crippen LogP contribution in [0.5, 0.6) is 0 Å². The van der Waals surface area contributed by atoms with Crippen molar-refractivity contribution in [2.75, 3.05) is 31.5 Å². The second-order valence-corrected chi connectivity index (χ2v) is 7.74. The molecule has 0 radical (unpaired) electrons. The van der Waals surface area contributed by atoms with Crippen LogP contribution in [-0.4, -0.2) is 31.1 Å². The monoisotopic (exact) mass is 338 g/mol. The third kappa shape index (κ3) is 4.49. The van der Waals surface area contributed by atoms with Crippen molar-refractivity contribution in [2.24, 2.45) is 11.3 Å². The lowest BCUT2D eigenvalue weighted by atomic mass is 9.75. The van der Waals surface area contributed by atoms with E-state index in [1.807, 2.05) is 6.07 Å². The molecular formula is C17H27BrN2. The summed E-state index contributed by atoms with van der Waals surface area (Å²) in [5, 5.41) is 3.51. The molecule has 0 atom stereocenters. The molecule has 1 N–H and O–H groups in total. The molecule has 0 unspecified atom stereocenters. The molecule has 0 amide bonds. The van der Waals surface area contributed by atoms with E-state index in [0.717, 1.165) is 23.5 Å². The Bertz CT molecular complexity index is 417. The predicted molar refractivity (Wildman–Crippen MR) is 91.3 cm³/mol. The van der Waals surface area contributed by atoms with Gasteiger partial charge in [-0.2, -0.15) is 0 Å². The summed E-state index contributed by atoms with van der Waals surface area (Å²) in [6, 6.07) is 8.32. The van der Waals surface area contributed by atoms with Crippen molar-refractivity contribution in [3.05, 3.63) is 28.7 Å². The highest BCUT2D eigenvalue weighted by Crippen LogP contribution is 2.34. The summed E-state index contributed by atoms with van der Waals surface area (Å²) in [5.41, 5.74) is 1.66. The van der Waals surface area contributed by atoms with E-state index in [1.54, 1.807) is 0 Å². The molecule has 0 aliphatic carbocycles. The zero-order valence-electron chi connectivity index (χ0n) is 13.0. The highest BCUT2D eigenvalue weighted by Gasteiger charge is 2.28. The number of nitrogens with zero attached hydrogens (tertiary/aromatic N) is 1. The Balaban J connectivity index is 1.71. The van der Waals surface area contributed by atoms with Crippen LogP contribution in [-0.2, 0) is 0 Å². The Hall–Kier alpha value is -0.540. The first-order valence-electron chi connectivity index (χ1n) is 7.67. The molecule has 1 aliphatic rings. The zero-order chi connectivity index (χ0) is 14.6. The van der Waals surface area contributed by atoms with E-state index in [9.17, 15) is 0 Å². The largest absolute Gasteiger partial charge is 0.383 e. The maximum Gasteiger partial charge on any atom is 0.0485 e. The molecule has 1 aromatic carbocycles. The average Bonchev–Trinajstić information content (AvgIpc) is 2.40. The number of hydrogen-bond donors (Lipinski definition) is 1. The van der Waals surface area contributed by atoms with Crippen LogP contribution in [0.15, 0.2) is 28.7 Å². The van der Waals surface area contributed by atoms with Crippen LogP contribution in [0.3, 0.4) is 0 Å². The topological polar surface area (TPSA) is 15.3 Å². The minimum atomic E-state index is 0.471. The van der Waals surface area contributed by atoms with E-state index < -0.39 is 0 Å². The van der Waals surface area contributed by atoms with Gasteiger partial charge in [0.05, 0.1) is 0 Å². The standard InChI is InChI=1S/C17H27BrN2/c1-17(2,3)14-8-11-20(12-9-14)13-10-19-16-7-5-4-6-15(16)18/h4-7,14,19H,8-13H2,1-3H3. The Morgan fingerprint density at radius 3 is 2.45 bits per heavy atom. The fourth-order valence-corrected chi connectivity index (χ4v) is 3.40. The van der Waals surface area contributed by atoms with Crippen LogP contribution < -0.4 is 5.32 Å². The van der Waals surface area contributed by atoms with E-state index in [4.69, 9.17) is 0 Å². The Morgan fingerprint density at radius 1 is 1.20 bits per heavy atom. The Morgan fingerprint density at radius 2 is 1.85 bits per heavy atom. The number of rotatable bonds is 4. The van der Waals surface area contributed by atoms with E-state index in [1.165, 1.54) is 31.6 Å². The smallest absolute Gasteiger partial charge is 0.0485 e. The second-order valence-electron chi connectivity index (χ2n) is 6.89. The van der Waals surface area contributed by atoms with Gasteiger partial charge in [-0.15, -0.1) is 0 Å². The molecule has 2 nitrogen and oxygen atoms in total. The van der Waals surface area contributed by atoms with Gasteiger partial charge >= 0.3 is 0 Å². The summed E-state index contributed by atoms with van der Waals surface area (Å²) in [4.78, 5) is 2.59. The van der Waals surface area contributed by atoms with Gasteiger partial charge < -0.3 is 10.2 Å². The molecule has 1 saturated heterocycles. The SMILES string of the molecule is CC(C)(C)C1CCN(CCNc2ccccc2Br)CC1. The van der Waals surface area contributed by atoms with Gasteiger partial charge in [0.15, 0.2) is 0 Å². The molecule has 20 heavy (non-hydrogen) atoms. The zero-order valence-corrected chi connectivity index (χ0v) is 14.5. The maximum atomic E-state index is 3.58. The summed E-state index contributed by atoms with van der Waals surface area (Å²) >= 11 is 3.58. The van der Waals surface area contributed by atoms with E-state index in [-0.39, 0.29) is 0 Å². The molecule has 0 bridgehead atoms. The number of para-hydroxylation sites is 1. The highest BCUT2D eigenvalue weighted by atomic mass is 79.9. The molecule has 1 aromatic rings. The summed E-state index contributed by atoms with van der Waals surface area (Å²) in [6.45, 7) is 11.8. The lowest BCUT2D eigenvalue weighted by molar-refractivity contribution is 0.115. The van der Waals surface area contributed by atoms with Crippen molar-refractivity contribution in [1.29, 1.82) is 0 Å². The molecule has 1 aliphatic heterocycles. The second kappa shape index (κ2) is 6.95. The van der Waals surface area contributed by atoms with Gasteiger partial charge in [0.25, 0.3) is 0 Å². The van der Waals surface area contributed by atoms with E-state index in [0.29, 0.717) is 5.41 Å². The van der Waals surface area contributed by atoms with Crippen molar-refractivity contribution < 1.29 is 0 Å². The fraction of sp³-hybridized carbons (Fsp3) is 0.647. The lowest BCUT2D eigenvalue weighted by Crippen LogP contribution is -2.40. The number of likely N-dealkylation sites (tertiary alicyclic amines) is 1. The average molecular weight is 339 g/mol. The molecule has 2 rings (SSSR count). The summed E-state index contributed by atoms with van der Waals surface area (Å²) in [6.07, 6.45) is 2.69. The maximum absolute atomic E-state index is 3.58. The van der Waals surface area contributed by atoms with Gasteiger partial charge in [0, 0.05) is 23.2 Å². The molecule has 1 fully saturated rings. The van der Waals surface area contributed by atoms with Crippen LogP contribution in [0.1, 0.15) is 33.6 Å². The third-order valence-electron chi connectivity index (χ3n) is 4.43. The van der Waals surface area contributed by atoms with Crippen LogP contribution in [0, 0.1) is 11.3 Å². The van der Waals surface area contributed by atoms with Gasteiger partial charge in [0.2, 0.25) is 0 Å². The normalized spacial score (nSPS) is 18.2. The summed E-state index contributed by atoms with van der Waals surface area (Å²) in [7, 11) is 0. The summed E-state index contributed by atoms with van der Waals surface area (Å²) < 4.78 is 1.14. The van der Waals surface area contributed by atoms with Crippen molar-refractivity contribution in [3.8, 4) is 0 Å². The van der Waals surface area contributed by atoms with Gasteiger partial charge in [-0.05, 0) is 65.3 Å². The van der Waals surface area contributed by atoms with Crippen molar-refractivity contribution in [2.45, 2.75) is 33.6 Å². The van der Waals surface area contributed by atoms with Crippen LogP contribution in [0.25, 0.3) is 0 Å². The predicted octanol–water partition coefficient (Wildman–Crippen LogP) is 4.62. The number of halogens is 1. The van der Waals surface area contributed by atoms with Crippen LogP contribution >= 0.6 is 15.9 Å². The van der Waals surface area contributed by atoms with Gasteiger partial charge in [-0.3, -0.25) is 0 Å². The van der Waals surface area contributed by atoms with Gasteiger partial charge in [0.1, 0.15) is 0 Å². The molecule has 0 spiro atoms. The minimum Gasteiger partial charge on any atom is -0.383 e. The number of piperidine rings is 1. The third-order valence-corrected chi connectivity index (χ3v) is 5.12. The van der Waals surface area contributed by atoms with E-state index >= 15 is 0 Å². The molecule has 0 aromatic heterocycles. The lowest BCUT2D eigenvalue weighted by Gasteiger charge is -2.38. The van der Waals surface area contributed by atoms with Crippen LogP contribution in [0.2, 0.25) is 0 Å². The first kappa shape index (κ1) is 15.8. The number of anilines is 1. The quantitative estimate of drug-likeness (QED) is 0.861. The Labute approximate surface area is 132 Å². The van der Waals surface area contributed by atoms with Crippen LogP contribution in [0.4, 0.5) is 5.69 Å². The molecule has 3 heteroatoms. The van der Waals surface area contributed by atoms with Gasteiger partial charge in [-0.1, -0.05) is 32.9 Å². The van der Waals surface area contributed by atoms with Crippen molar-refractivity contribution in [3.63, 3.8) is 0 Å². The van der Waals surface area contributed by atoms with E-state index in [2.05, 4.69) is 65.1 Å². The first-order chi connectivity index (χ1) is 9.47. The number of nitrogens with one attached hydrogen (secondary N) is 1. The van der Waals surface area contributed by atoms with Crippen molar-refractivity contribution in [1.82, 2.24) is 4.90 Å². The van der Waals surface area contributed by atoms with Gasteiger partial charge in [-0.25, -0.2) is 0 Å². The number of hydrogen-bond acceptors (Lipinski definition) is 2.